The maximum absolute atomic E-state index is 5.37. The molecule has 12 rings (SSSR count). The Balaban J connectivity index is 1.15. The first kappa shape index (κ1) is 33.2. The average Bonchev–Trinajstić information content (AvgIpc) is 4.02. The smallest absolute Gasteiger partial charge is 0.166 e. The average molecular weight is 761 g/mol. The minimum atomic E-state index is 0.787. The molecule has 280 valence electrons. The molecule has 12 aromatic rings. The highest BCUT2D eigenvalue weighted by atomic mass is 15.8. The fourth-order valence-electron chi connectivity index (χ4n) is 9.13. The topological polar surface area (TPSA) is 61.6 Å². The maximum atomic E-state index is 5.37. The molecule has 8 heteroatoms. The van der Waals surface area contributed by atoms with Crippen molar-refractivity contribution in [3.8, 4) is 22.5 Å². The van der Waals surface area contributed by atoms with Gasteiger partial charge >= 0.3 is 0 Å². The van der Waals surface area contributed by atoms with Crippen LogP contribution in [0.1, 0.15) is 11.4 Å². The predicted molar refractivity (Wildman–Crippen MR) is 241 cm³/mol. The van der Waals surface area contributed by atoms with E-state index < -0.39 is 0 Å². The lowest BCUT2D eigenvalue weighted by atomic mass is 9.97. The summed E-state index contributed by atoms with van der Waals surface area (Å²) in [6, 6.07) is 64.2. The van der Waals surface area contributed by atoms with Crippen LogP contribution in [0.4, 0.5) is 5.69 Å². The summed E-state index contributed by atoms with van der Waals surface area (Å²) in [4.78, 5) is 5.37. The Labute approximate surface area is 339 Å². The van der Waals surface area contributed by atoms with Crippen molar-refractivity contribution in [2.45, 2.75) is 13.8 Å². The molecule has 7 aromatic carbocycles. The van der Waals surface area contributed by atoms with Crippen LogP contribution >= 0.6 is 0 Å². The fraction of sp³-hybridized carbons (Fsp3) is 0.0392. The molecule has 0 atom stereocenters. The monoisotopic (exact) mass is 760 g/mol. The zero-order valence-electron chi connectivity index (χ0n) is 32.4. The van der Waals surface area contributed by atoms with Crippen molar-refractivity contribution >= 4 is 71.4 Å². The van der Waals surface area contributed by atoms with Crippen LogP contribution in [-0.4, -0.2) is 33.9 Å². The lowest BCUT2D eigenvalue weighted by Gasteiger charge is -2.30. The zero-order chi connectivity index (χ0) is 39.2. The normalized spacial score (nSPS) is 11.9. The summed E-state index contributed by atoms with van der Waals surface area (Å²) in [7, 11) is 0. The Morgan fingerprint density at radius 3 is 1.14 bits per heavy atom. The maximum Gasteiger partial charge on any atom is 0.166 e. The first-order valence-corrected chi connectivity index (χ1v) is 19.9. The number of hydrogen-bond acceptors (Lipinski definition) is 4. The van der Waals surface area contributed by atoms with Gasteiger partial charge in [-0.1, -0.05) is 121 Å². The molecule has 0 saturated heterocycles. The lowest BCUT2D eigenvalue weighted by Crippen LogP contribution is -2.34. The van der Waals surface area contributed by atoms with Crippen LogP contribution in [0.25, 0.3) is 88.2 Å². The number of nitrogens with zero attached hydrogens (tertiary/aromatic N) is 8. The third-order valence-electron chi connectivity index (χ3n) is 11.7. The number of hydrogen-bond donors (Lipinski definition) is 0. The van der Waals surface area contributed by atoms with Crippen LogP contribution < -0.4 is 5.12 Å². The Morgan fingerprint density at radius 1 is 0.390 bits per heavy atom. The van der Waals surface area contributed by atoms with E-state index in [1.807, 2.05) is 45.8 Å². The molecule has 5 heterocycles. The van der Waals surface area contributed by atoms with Gasteiger partial charge in [0, 0.05) is 27.1 Å². The summed E-state index contributed by atoms with van der Waals surface area (Å²) in [6.45, 7) is 4.16. The predicted octanol–water partition coefficient (Wildman–Crippen LogP) is 12.0. The molecule has 0 aliphatic heterocycles. The van der Waals surface area contributed by atoms with E-state index in [-0.39, 0.29) is 0 Å². The van der Waals surface area contributed by atoms with Gasteiger partial charge in [0.15, 0.2) is 11.3 Å². The second-order valence-corrected chi connectivity index (χ2v) is 15.1. The minimum Gasteiger partial charge on any atom is -0.233 e. The van der Waals surface area contributed by atoms with Gasteiger partial charge < -0.3 is 0 Å². The highest BCUT2D eigenvalue weighted by Gasteiger charge is 2.26. The quantitative estimate of drug-likeness (QED) is 0.169. The van der Waals surface area contributed by atoms with Crippen LogP contribution in [0.5, 0.6) is 0 Å². The number of benzene rings is 7. The van der Waals surface area contributed by atoms with Gasteiger partial charge in [0.25, 0.3) is 0 Å². The highest BCUT2D eigenvalue weighted by Crippen LogP contribution is 2.42. The SMILES string of the molecule is Cc1nn(-c2ccccc2)c2nc3c(c(C)nn3-c3ccccc3)c(-c3ccc(N(n4c5ccccc5c5ccccc54)n4c5ccccc5c5ccccc54)cc3)c12. The van der Waals surface area contributed by atoms with Crippen molar-refractivity contribution in [1.29, 1.82) is 0 Å². The Hall–Kier alpha value is -7.97. The number of rotatable bonds is 6. The van der Waals surface area contributed by atoms with Crippen LogP contribution in [0, 0.1) is 13.8 Å². The van der Waals surface area contributed by atoms with Crippen LogP contribution in [0.2, 0.25) is 0 Å². The molecule has 0 saturated carbocycles. The summed E-state index contributed by atoms with van der Waals surface area (Å²) >= 11 is 0. The van der Waals surface area contributed by atoms with Gasteiger partial charge in [0.1, 0.15) is 0 Å². The molecule has 0 aliphatic rings. The molecule has 59 heavy (non-hydrogen) atoms. The molecule has 8 nitrogen and oxygen atoms in total. The number of aromatic nitrogens is 7. The van der Waals surface area contributed by atoms with E-state index in [9.17, 15) is 0 Å². The molecule has 0 fully saturated rings. The molecular weight excluding hydrogens is 725 g/mol. The molecule has 0 unspecified atom stereocenters. The molecule has 0 spiro atoms. The molecule has 0 N–H and O–H groups in total. The number of pyridine rings is 1. The van der Waals surface area contributed by atoms with Gasteiger partial charge in [-0.05, 0) is 80.1 Å². The van der Waals surface area contributed by atoms with Crippen molar-refractivity contribution in [2.24, 2.45) is 0 Å². The van der Waals surface area contributed by atoms with E-state index in [4.69, 9.17) is 15.2 Å². The van der Waals surface area contributed by atoms with Gasteiger partial charge in [0.05, 0.1) is 61.3 Å². The highest BCUT2D eigenvalue weighted by molar-refractivity contribution is 6.12. The third-order valence-corrected chi connectivity index (χ3v) is 11.7. The Morgan fingerprint density at radius 2 is 0.746 bits per heavy atom. The van der Waals surface area contributed by atoms with Crippen LogP contribution in [-0.2, 0) is 0 Å². The first-order chi connectivity index (χ1) is 29.1. The Kier molecular flexibility index (Phi) is 7.19. The summed E-state index contributed by atoms with van der Waals surface area (Å²) in [5.74, 6) is 0. The summed E-state index contributed by atoms with van der Waals surface area (Å²) in [6.07, 6.45) is 0. The summed E-state index contributed by atoms with van der Waals surface area (Å²) in [5.41, 5.74) is 12.9. The fourth-order valence-corrected chi connectivity index (χ4v) is 9.13. The molecule has 5 aromatic heterocycles. The van der Waals surface area contributed by atoms with Gasteiger partial charge in [-0.3, -0.25) is 0 Å². The second kappa shape index (κ2) is 12.8. The first-order valence-electron chi connectivity index (χ1n) is 19.9. The van der Waals surface area contributed by atoms with Gasteiger partial charge in [-0.25, -0.2) is 23.7 Å². The van der Waals surface area contributed by atoms with Crippen LogP contribution in [0.3, 0.4) is 0 Å². The van der Waals surface area contributed by atoms with Crippen molar-refractivity contribution < 1.29 is 0 Å². The van der Waals surface area contributed by atoms with Crippen molar-refractivity contribution in [3.05, 3.63) is 193 Å². The molecular formula is C51H36N8. The standard InChI is InChI=1S/C51H36N8/c1-33-47-49(48-34(2)54-56(37-19-7-4-8-20-37)51(48)52-50(47)55(53-33)36-17-5-3-6-18-36)35-29-31-38(32-30-35)59(57-43-25-13-9-21-39(43)40-22-10-14-26-44(40)57)58-45-27-15-11-23-41(45)42-24-12-16-28-46(42)58/h3-32H,1-2H3. The zero-order valence-corrected chi connectivity index (χ0v) is 32.4. The third kappa shape index (κ3) is 4.86. The van der Waals surface area contributed by atoms with E-state index in [0.717, 1.165) is 83.7 Å². The molecule has 0 aliphatic carbocycles. The van der Waals surface area contributed by atoms with E-state index in [1.54, 1.807) is 0 Å². The van der Waals surface area contributed by atoms with Gasteiger partial charge in [-0.15, -0.1) is 0 Å². The number of fused-ring (bicyclic) bond motifs is 8. The van der Waals surface area contributed by atoms with Crippen molar-refractivity contribution in [2.75, 3.05) is 5.12 Å². The Bertz CT molecular complexity index is 3250. The van der Waals surface area contributed by atoms with E-state index in [1.165, 1.54) is 21.5 Å². The molecule has 0 amide bonds. The van der Waals surface area contributed by atoms with E-state index >= 15 is 0 Å². The molecule has 0 radical (unpaired) electrons. The summed E-state index contributed by atoms with van der Waals surface area (Å²) in [5, 5.41) is 19.4. The number of para-hydroxylation sites is 6. The largest absolute Gasteiger partial charge is 0.233 e. The minimum absolute atomic E-state index is 0.787. The summed E-state index contributed by atoms with van der Waals surface area (Å²) < 4.78 is 8.66. The van der Waals surface area contributed by atoms with Crippen molar-refractivity contribution in [1.82, 2.24) is 33.9 Å². The van der Waals surface area contributed by atoms with Gasteiger partial charge in [0.2, 0.25) is 0 Å². The number of anilines is 1. The van der Waals surface area contributed by atoms with E-state index in [2.05, 4.69) is 174 Å². The second-order valence-electron chi connectivity index (χ2n) is 15.1. The van der Waals surface area contributed by atoms with E-state index in [0.29, 0.717) is 0 Å². The van der Waals surface area contributed by atoms with Gasteiger partial charge in [-0.2, -0.15) is 15.3 Å². The number of aryl methyl sites for hydroxylation is 2. The lowest BCUT2D eigenvalue weighted by molar-refractivity contribution is 0.675. The molecule has 0 bridgehead atoms. The van der Waals surface area contributed by atoms with Crippen LogP contribution in [0.15, 0.2) is 182 Å². The van der Waals surface area contributed by atoms with Crippen molar-refractivity contribution in [3.63, 3.8) is 0 Å².